The summed E-state index contributed by atoms with van der Waals surface area (Å²) >= 11 is 0. The van der Waals surface area contributed by atoms with Crippen molar-refractivity contribution in [2.45, 2.75) is 13.1 Å². The third-order valence-electron chi connectivity index (χ3n) is 3.80. The van der Waals surface area contributed by atoms with Crippen LogP contribution in [-0.2, 0) is 6.18 Å². The molecular weight excluding hydrogens is 375 g/mol. The molecule has 0 unspecified atom stereocenters. The molecule has 0 spiro atoms. The van der Waals surface area contributed by atoms with Gasteiger partial charge in [0.25, 0.3) is 0 Å². The number of nitrogens with one attached hydrogen (secondary N) is 2. The maximum Gasteiger partial charge on any atom is 0.418 e. The zero-order valence-corrected chi connectivity index (χ0v) is 14.5. The minimum atomic E-state index is -4.63. The van der Waals surface area contributed by atoms with Crippen LogP contribution in [0.5, 0.6) is 0 Å². The molecule has 10 heteroatoms. The number of anilines is 4. The molecule has 0 amide bonds. The average Bonchev–Trinajstić information content (AvgIpc) is 2.63. The first kappa shape index (κ1) is 19.1. The van der Waals surface area contributed by atoms with Gasteiger partial charge in [-0.25, -0.2) is 9.97 Å². The van der Waals surface area contributed by atoms with E-state index < -0.39 is 22.4 Å². The van der Waals surface area contributed by atoms with Gasteiger partial charge >= 0.3 is 11.9 Å². The van der Waals surface area contributed by atoms with Gasteiger partial charge in [-0.2, -0.15) is 13.2 Å². The van der Waals surface area contributed by atoms with Crippen LogP contribution in [0.15, 0.2) is 54.9 Å². The highest BCUT2D eigenvalue weighted by molar-refractivity contribution is 5.77. The van der Waals surface area contributed by atoms with Gasteiger partial charge in [-0.05, 0) is 31.2 Å². The Balaban J connectivity index is 2.01. The first-order chi connectivity index (χ1) is 13.3. The smallest absolute Gasteiger partial charge is 0.334 e. The van der Waals surface area contributed by atoms with Crippen molar-refractivity contribution in [3.8, 4) is 0 Å². The average molecular weight is 389 g/mol. The Morgan fingerprint density at radius 1 is 0.964 bits per heavy atom. The van der Waals surface area contributed by atoms with Crippen LogP contribution in [0.4, 0.5) is 41.9 Å². The molecule has 3 rings (SSSR count). The molecule has 144 valence electrons. The summed E-state index contributed by atoms with van der Waals surface area (Å²) in [7, 11) is 0. The molecule has 28 heavy (non-hydrogen) atoms. The summed E-state index contributed by atoms with van der Waals surface area (Å²) in [6, 6.07) is 11.7. The van der Waals surface area contributed by atoms with Gasteiger partial charge in [0, 0.05) is 5.69 Å². The monoisotopic (exact) mass is 389 g/mol. The minimum Gasteiger partial charge on any atom is -0.334 e. The van der Waals surface area contributed by atoms with Crippen molar-refractivity contribution in [1.82, 2.24) is 9.97 Å². The summed E-state index contributed by atoms with van der Waals surface area (Å²) < 4.78 is 39.6. The normalized spacial score (nSPS) is 11.1. The van der Waals surface area contributed by atoms with Crippen LogP contribution in [0.3, 0.4) is 0 Å². The second kappa shape index (κ2) is 7.51. The Hall–Kier alpha value is -3.69. The van der Waals surface area contributed by atoms with Crippen molar-refractivity contribution < 1.29 is 18.1 Å². The molecule has 0 aliphatic heterocycles. The van der Waals surface area contributed by atoms with E-state index in [-0.39, 0.29) is 17.3 Å². The molecular formula is C18H14F3N5O2. The number of alkyl halides is 3. The van der Waals surface area contributed by atoms with Gasteiger partial charge in [0.2, 0.25) is 11.6 Å². The van der Waals surface area contributed by atoms with Gasteiger partial charge in [-0.1, -0.05) is 29.8 Å². The number of benzene rings is 2. The molecule has 1 aromatic heterocycles. The van der Waals surface area contributed by atoms with Crippen LogP contribution in [0, 0.1) is 17.0 Å². The third-order valence-corrected chi connectivity index (χ3v) is 3.80. The van der Waals surface area contributed by atoms with Crippen LogP contribution in [0.25, 0.3) is 0 Å². The summed E-state index contributed by atoms with van der Waals surface area (Å²) in [6.07, 6.45) is -3.60. The van der Waals surface area contributed by atoms with Crippen molar-refractivity contribution in [2.24, 2.45) is 0 Å². The van der Waals surface area contributed by atoms with Crippen molar-refractivity contribution in [2.75, 3.05) is 10.6 Å². The number of para-hydroxylation sites is 1. The number of nitrogens with zero attached hydrogens (tertiary/aromatic N) is 3. The first-order valence-corrected chi connectivity index (χ1v) is 8.02. The van der Waals surface area contributed by atoms with Gasteiger partial charge in [0.05, 0.1) is 16.2 Å². The molecule has 0 saturated carbocycles. The Morgan fingerprint density at radius 2 is 1.57 bits per heavy atom. The Morgan fingerprint density at radius 3 is 2.18 bits per heavy atom. The van der Waals surface area contributed by atoms with Crippen molar-refractivity contribution in [3.05, 3.63) is 76.1 Å². The largest absolute Gasteiger partial charge is 0.418 e. The van der Waals surface area contributed by atoms with Gasteiger partial charge < -0.3 is 10.6 Å². The minimum absolute atomic E-state index is 0.143. The predicted molar refractivity (Wildman–Crippen MR) is 97.9 cm³/mol. The number of nitro groups is 1. The summed E-state index contributed by atoms with van der Waals surface area (Å²) in [4.78, 5) is 18.5. The lowest BCUT2D eigenvalue weighted by Crippen LogP contribution is -2.10. The topological polar surface area (TPSA) is 93.0 Å². The van der Waals surface area contributed by atoms with E-state index in [1.54, 1.807) is 24.3 Å². The summed E-state index contributed by atoms with van der Waals surface area (Å²) in [5.41, 5.74) is -0.350. The number of hydrogen-bond donors (Lipinski definition) is 2. The quantitative estimate of drug-likeness (QED) is 0.460. The van der Waals surface area contributed by atoms with Crippen LogP contribution in [0.2, 0.25) is 0 Å². The van der Waals surface area contributed by atoms with E-state index in [2.05, 4.69) is 20.6 Å². The zero-order chi connectivity index (χ0) is 20.3. The lowest BCUT2D eigenvalue weighted by molar-refractivity contribution is -0.383. The molecule has 2 aromatic carbocycles. The molecule has 0 fully saturated rings. The SMILES string of the molecule is Cc1ccc(Nc2ncnc(Nc3ccccc3C(F)(F)F)c2[N+](=O)[O-])cc1. The fourth-order valence-electron chi connectivity index (χ4n) is 2.48. The van der Waals surface area contributed by atoms with E-state index in [9.17, 15) is 23.3 Å². The van der Waals surface area contributed by atoms with E-state index in [0.717, 1.165) is 18.0 Å². The first-order valence-electron chi connectivity index (χ1n) is 8.02. The van der Waals surface area contributed by atoms with Gasteiger partial charge in [0.1, 0.15) is 6.33 Å². The number of aryl methyl sites for hydroxylation is 1. The highest BCUT2D eigenvalue weighted by Gasteiger charge is 2.34. The maximum atomic E-state index is 13.2. The van der Waals surface area contributed by atoms with Crippen molar-refractivity contribution >= 4 is 28.7 Å². The van der Waals surface area contributed by atoms with Crippen LogP contribution >= 0.6 is 0 Å². The Kier molecular flexibility index (Phi) is 5.12. The Labute approximate surface area is 157 Å². The third kappa shape index (κ3) is 4.17. The lowest BCUT2D eigenvalue weighted by atomic mass is 10.1. The molecule has 3 aromatic rings. The molecule has 0 radical (unpaired) electrons. The molecule has 0 atom stereocenters. The van der Waals surface area contributed by atoms with Gasteiger partial charge in [0.15, 0.2) is 0 Å². The molecule has 0 saturated heterocycles. The fraction of sp³-hybridized carbons (Fsp3) is 0.111. The number of rotatable bonds is 5. The summed E-state index contributed by atoms with van der Waals surface area (Å²) in [5, 5.41) is 16.8. The maximum absolute atomic E-state index is 13.2. The van der Waals surface area contributed by atoms with E-state index in [1.165, 1.54) is 18.2 Å². The molecule has 0 aliphatic rings. The zero-order valence-electron chi connectivity index (χ0n) is 14.5. The van der Waals surface area contributed by atoms with Gasteiger partial charge in [-0.3, -0.25) is 10.1 Å². The number of halogens is 3. The van der Waals surface area contributed by atoms with E-state index >= 15 is 0 Å². The van der Waals surface area contributed by atoms with Crippen LogP contribution in [-0.4, -0.2) is 14.9 Å². The summed E-state index contributed by atoms with van der Waals surface area (Å²) in [6.45, 7) is 1.89. The highest BCUT2D eigenvalue weighted by atomic mass is 19.4. The molecule has 7 nitrogen and oxygen atoms in total. The number of hydrogen-bond acceptors (Lipinski definition) is 6. The fourth-order valence-corrected chi connectivity index (χ4v) is 2.48. The molecule has 0 aliphatic carbocycles. The number of aromatic nitrogens is 2. The van der Waals surface area contributed by atoms with Gasteiger partial charge in [-0.15, -0.1) is 0 Å². The van der Waals surface area contributed by atoms with E-state index in [4.69, 9.17) is 0 Å². The molecule has 0 bridgehead atoms. The molecule has 1 heterocycles. The van der Waals surface area contributed by atoms with E-state index in [0.29, 0.717) is 5.69 Å². The van der Waals surface area contributed by atoms with E-state index in [1.807, 2.05) is 6.92 Å². The second-order valence-electron chi connectivity index (χ2n) is 5.84. The Bertz CT molecular complexity index is 1010. The predicted octanol–water partition coefficient (Wildman–Crippen LogP) is 5.20. The lowest BCUT2D eigenvalue weighted by Gasteiger charge is -2.14. The van der Waals surface area contributed by atoms with Crippen LogP contribution < -0.4 is 10.6 Å². The standard InChI is InChI=1S/C18H14F3N5O2/c1-11-6-8-12(9-7-11)24-16-15(26(27)28)17(23-10-22-16)25-14-5-3-2-4-13(14)18(19,20)21/h2-10H,1H3,(H2,22,23,24,25). The summed E-state index contributed by atoms with van der Waals surface area (Å²) in [5.74, 6) is -0.498. The molecule has 2 N–H and O–H groups in total. The van der Waals surface area contributed by atoms with Crippen molar-refractivity contribution in [3.63, 3.8) is 0 Å². The van der Waals surface area contributed by atoms with Crippen LogP contribution in [0.1, 0.15) is 11.1 Å². The van der Waals surface area contributed by atoms with Crippen molar-refractivity contribution in [1.29, 1.82) is 0 Å². The second-order valence-corrected chi connectivity index (χ2v) is 5.84. The highest BCUT2D eigenvalue weighted by Crippen LogP contribution is 2.38.